The normalized spacial score (nSPS) is 10.0. The number of amides is 3. The van der Waals surface area contributed by atoms with Gasteiger partial charge in [0.1, 0.15) is 5.82 Å². The monoisotopic (exact) mass is 335 g/mol. The zero-order valence-electron chi connectivity index (χ0n) is 12.3. The van der Waals surface area contributed by atoms with Gasteiger partial charge in [0.25, 0.3) is 5.91 Å². The first-order valence-corrected chi connectivity index (χ1v) is 7.28. The van der Waals surface area contributed by atoms with Crippen molar-refractivity contribution >= 4 is 34.9 Å². The van der Waals surface area contributed by atoms with E-state index in [1.807, 2.05) is 0 Å². The summed E-state index contributed by atoms with van der Waals surface area (Å²) in [5.74, 6) is -0.854. The number of carbonyl (C=O) groups is 2. The van der Waals surface area contributed by atoms with Crippen molar-refractivity contribution in [1.29, 1.82) is 0 Å². The molecule has 0 heterocycles. The lowest BCUT2D eigenvalue weighted by Gasteiger charge is -2.12. The van der Waals surface area contributed by atoms with Gasteiger partial charge in [-0.2, -0.15) is 0 Å². The highest BCUT2D eigenvalue weighted by molar-refractivity contribution is 6.31. The van der Waals surface area contributed by atoms with Crippen LogP contribution in [0.4, 0.5) is 20.6 Å². The Bertz CT molecular complexity index is 717. The molecule has 0 aliphatic heterocycles. The predicted octanol–water partition coefficient (Wildman–Crippen LogP) is 3.87. The van der Waals surface area contributed by atoms with Crippen LogP contribution in [0.2, 0.25) is 5.02 Å². The van der Waals surface area contributed by atoms with Crippen LogP contribution >= 0.6 is 11.6 Å². The Morgan fingerprint density at radius 1 is 1.13 bits per heavy atom. The van der Waals surface area contributed by atoms with E-state index in [2.05, 4.69) is 16.0 Å². The third kappa shape index (κ3) is 4.69. The number of carbonyl (C=O) groups excluding carboxylic acids is 2. The van der Waals surface area contributed by atoms with Gasteiger partial charge in [-0.1, -0.05) is 23.7 Å². The molecule has 120 valence electrons. The van der Waals surface area contributed by atoms with Gasteiger partial charge in [0.2, 0.25) is 0 Å². The van der Waals surface area contributed by atoms with E-state index in [0.717, 1.165) is 12.1 Å². The van der Waals surface area contributed by atoms with E-state index in [-0.39, 0.29) is 16.6 Å². The van der Waals surface area contributed by atoms with Crippen LogP contribution in [0.15, 0.2) is 42.5 Å². The van der Waals surface area contributed by atoms with Gasteiger partial charge in [0, 0.05) is 17.3 Å². The second-order valence-electron chi connectivity index (χ2n) is 4.64. The summed E-state index contributed by atoms with van der Waals surface area (Å²) in [6.45, 7) is 2.27. The van der Waals surface area contributed by atoms with Crippen LogP contribution in [0, 0.1) is 5.82 Å². The summed E-state index contributed by atoms with van der Waals surface area (Å²) in [5, 5.41) is 7.86. The molecule has 2 aromatic carbocycles. The maximum atomic E-state index is 13.3. The number of rotatable bonds is 4. The molecular formula is C16H15ClFN3O2. The van der Waals surface area contributed by atoms with E-state index in [0.29, 0.717) is 17.8 Å². The Labute approximate surface area is 137 Å². The van der Waals surface area contributed by atoms with Crippen molar-refractivity contribution < 1.29 is 14.0 Å². The molecule has 0 radical (unpaired) electrons. The first kappa shape index (κ1) is 16.8. The summed E-state index contributed by atoms with van der Waals surface area (Å²) < 4.78 is 13.3. The van der Waals surface area contributed by atoms with E-state index in [1.54, 1.807) is 31.2 Å². The molecule has 0 bridgehead atoms. The Morgan fingerprint density at radius 3 is 2.57 bits per heavy atom. The highest BCUT2D eigenvalue weighted by Crippen LogP contribution is 2.19. The average Bonchev–Trinajstić information content (AvgIpc) is 2.46. The minimum absolute atomic E-state index is 0.169. The molecule has 0 unspecified atom stereocenters. The van der Waals surface area contributed by atoms with Crippen molar-refractivity contribution in [2.45, 2.75) is 6.92 Å². The summed E-state index contributed by atoms with van der Waals surface area (Å²) in [6, 6.07) is 9.67. The summed E-state index contributed by atoms with van der Waals surface area (Å²) >= 11 is 5.73. The van der Waals surface area contributed by atoms with E-state index < -0.39 is 11.8 Å². The zero-order chi connectivity index (χ0) is 16.8. The molecule has 0 saturated heterocycles. The minimum atomic E-state index is -0.608. The molecule has 0 fully saturated rings. The summed E-state index contributed by atoms with van der Waals surface area (Å²) in [7, 11) is 0. The van der Waals surface area contributed by atoms with Gasteiger partial charge in [-0.3, -0.25) is 4.79 Å². The van der Waals surface area contributed by atoms with Crippen LogP contribution in [0.5, 0.6) is 0 Å². The molecule has 7 heteroatoms. The molecule has 2 rings (SSSR count). The molecule has 5 nitrogen and oxygen atoms in total. The van der Waals surface area contributed by atoms with Gasteiger partial charge in [-0.15, -0.1) is 0 Å². The van der Waals surface area contributed by atoms with Crippen molar-refractivity contribution in [3.05, 3.63) is 58.9 Å². The van der Waals surface area contributed by atoms with Gasteiger partial charge in [0.05, 0.1) is 11.3 Å². The topological polar surface area (TPSA) is 70.2 Å². The van der Waals surface area contributed by atoms with Crippen molar-refractivity contribution in [1.82, 2.24) is 5.32 Å². The molecule has 3 amide bonds. The van der Waals surface area contributed by atoms with E-state index in [9.17, 15) is 14.0 Å². The molecule has 0 aliphatic carbocycles. The van der Waals surface area contributed by atoms with E-state index in [4.69, 9.17) is 11.6 Å². The van der Waals surface area contributed by atoms with Crippen molar-refractivity contribution in [3.8, 4) is 0 Å². The molecular weight excluding hydrogens is 321 g/mol. The predicted molar refractivity (Wildman–Crippen MR) is 88.5 cm³/mol. The highest BCUT2D eigenvalue weighted by Gasteiger charge is 2.12. The molecule has 0 saturated carbocycles. The molecule has 3 N–H and O–H groups in total. The van der Waals surface area contributed by atoms with Gasteiger partial charge < -0.3 is 16.0 Å². The van der Waals surface area contributed by atoms with Crippen LogP contribution in [0.25, 0.3) is 0 Å². The molecule has 23 heavy (non-hydrogen) atoms. The maximum absolute atomic E-state index is 13.3. The third-order valence-corrected chi connectivity index (χ3v) is 3.10. The Kier molecular flexibility index (Phi) is 5.54. The van der Waals surface area contributed by atoms with Crippen LogP contribution < -0.4 is 16.0 Å². The largest absolute Gasteiger partial charge is 0.352 e. The van der Waals surface area contributed by atoms with E-state index >= 15 is 0 Å². The second kappa shape index (κ2) is 7.60. The number of nitrogens with one attached hydrogen (secondary N) is 3. The number of benzene rings is 2. The Balaban J connectivity index is 2.13. The molecule has 0 aromatic heterocycles. The summed E-state index contributed by atoms with van der Waals surface area (Å²) in [5.41, 5.74) is 0.892. The summed E-state index contributed by atoms with van der Waals surface area (Å²) in [6.07, 6.45) is 0. The first-order chi connectivity index (χ1) is 11.0. The molecule has 0 atom stereocenters. The van der Waals surface area contributed by atoms with Crippen molar-refractivity contribution in [2.24, 2.45) is 0 Å². The molecule has 2 aromatic rings. The number of para-hydroxylation sites is 1. The number of hydrogen-bond acceptors (Lipinski definition) is 2. The number of hydrogen-bond donors (Lipinski definition) is 3. The van der Waals surface area contributed by atoms with Crippen LogP contribution in [-0.2, 0) is 0 Å². The lowest BCUT2D eigenvalue weighted by molar-refractivity contribution is 0.0956. The fourth-order valence-electron chi connectivity index (χ4n) is 1.96. The lowest BCUT2D eigenvalue weighted by atomic mass is 10.1. The Morgan fingerprint density at radius 2 is 1.87 bits per heavy atom. The Hall–Kier alpha value is -2.60. The van der Waals surface area contributed by atoms with Crippen LogP contribution in [-0.4, -0.2) is 18.5 Å². The standard InChI is InChI=1S/C16H15ClFN3O2/c1-2-19-15(22)13-5-3-4-6-14(13)21-16(23)20-12-8-10(17)7-11(18)9-12/h3-9H,2H2,1H3,(H,19,22)(H2,20,21,23). The average molecular weight is 336 g/mol. The van der Waals surface area contributed by atoms with E-state index in [1.165, 1.54) is 6.07 Å². The van der Waals surface area contributed by atoms with Gasteiger partial charge in [-0.05, 0) is 37.3 Å². The number of anilines is 2. The highest BCUT2D eigenvalue weighted by atomic mass is 35.5. The lowest BCUT2D eigenvalue weighted by Crippen LogP contribution is -2.26. The van der Waals surface area contributed by atoms with Gasteiger partial charge in [0.15, 0.2) is 0 Å². The second-order valence-corrected chi connectivity index (χ2v) is 5.08. The number of halogens is 2. The van der Waals surface area contributed by atoms with Crippen molar-refractivity contribution in [3.63, 3.8) is 0 Å². The maximum Gasteiger partial charge on any atom is 0.323 e. The third-order valence-electron chi connectivity index (χ3n) is 2.88. The van der Waals surface area contributed by atoms with Crippen LogP contribution in [0.1, 0.15) is 17.3 Å². The fourth-order valence-corrected chi connectivity index (χ4v) is 2.18. The van der Waals surface area contributed by atoms with Crippen molar-refractivity contribution in [2.75, 3.05) is 17.2 Å². The first-order valence-electron chi connectivity index (χ1n) is 6.91. The van der Waals surface area contributed by atoms with Crippen LogP contribution in [0.3, 0.4) is 0 Å². The quantitative estimate of drug-likeness (QED) is 0.793. The van der Waals surface area contributed by atoms with Gasteiger partial charge >= 0.3 is 6.03 Å². The smallest absolute Gasteiger partial charge is 0.323 e. The molecule has 0 spiro atoms. The summed E-state index contributed by atoms with van der Waals surface area (Å²) in [4.78, 5) is 24.0. The van der Waals surface area contributed by atoms with Gasteiger partial charge in [-0.25, -0.2) is 9.18 Å². The SMILES string of the molecule is CCNC(=O)c1ccccc1NC(=O)Nc1cc(F)cc(Cl)c1. The number of urea groups is 1. The minimum Gasteiger partial charge on any atom is -0.352 e. The molecule has 0 aliphatic rings. The zero-order valence-corrected chi connectivity index (χ0v) is 13.1. The fraction of sp³-hybridized carbons (Fsp3) is 0.125.